The fraction of sp³-hybridized carbons (Fsp3) is 0.969. The Bertz CT molecular complexity index is 931. The van der Waals surface area contributed by atoms with Crippen molar-refractivity contribution in [1.29, 1.82) is 0 Å². The summed E-state index contributed by atoms with van der Waals surface area (Å²) in [7, 11) is 1.44. The zero-order valence-corrected chi connectivity index (χ0v) is 25.6. The molecule has 2 aliphatic heterocycles. The number of ether oxygens (including phenoxy) is 1. The first kappa shape index (κ1) is 29.3. The Morgan fingerprint density at radius 2 is 1.50 bits per heavy atom. The van der Waals surface area contributed by atoms with E-state index in [4.69, 9.17) is 4.74 Å². The minimum absolute atomic E-state index is 0.102. The molecule has 4 aliphatic carbocycles. The highest BCUT2D eigenvalue weighted by molar-refractivity contribution is 5.69. The van der Waals surface area contributed by atoms with Gasteiger partial charge in [0.1, 0.15) is 0 Å². The zero-order valence-electron chi connectivity index (χ0n) is 25.6. The topological polar surface area (TPSA) is 97.3 Å². The van der Waals surface area contributed by atoms with Crippen molar-refractivity contribution in [3.63, 3.8) is 0 Å². The third-order valence-electron chi connectivity index (χ3n) is 13.9. The fourth-order valence-electron chi connectivity index (χ4n) is 11.9. The Balaban J connectivity index is 1.52. The molecule has 6 aliphatic rings. The second kappa shape index (κ2) is 10.4. The number of fused-ring (bicyclic) bond motifs is 5. The van der Waals surface area contributed by atoms with Gasteiger partial charge in [-0.2, -0.15) is 0 Å². The third-order valence-corrected chi connectivity index (χ3v) is 13.9. The van der Waals surface area contributed by atoms with Crippen LogP contribution in [0, 0.1) is 39.9 Å². The van der Waals surface area contributed by atoms with E-state index in [0.717, 1.165) is 64.7 Å². The largest absolute Gasteiger partial charge is 0.469 e. The summed E-state index contributed by atoms with van der Waals surface area (Å²) in [6, 6.07) is 0. The van der Waals surface area contributed by atoms with Crippen LogP contribution in [0.3, 0.4) is 0 Å². The van der Waals surface area contributed by atoms with E-state index in [1.54, 1.807) is 0 Å². The lowest BCUT2D eigenvalue weighted by atomic mass is 9.36. The summed E-state index contributed by atoms with van der Waals surface area (Å²) >= 11 is 0. The molecule has 7 atom stereocenters. The molecular formula is C32H56N4O4. The van der Waals surface area contributed by atoms with Gasteiger partial charge in [-0.25, -0.2) is 0 Å². The number of hydrogen-bond acceptors (Lipinski definition) is 8. The second-order valence-corrected chi connectivity index (χ2v) is 15.2. The maximum Gasteiger partial charge on any atom is 0.305 e. The lowest BCUT2D eigenvalue weighted by Crippen LogP contribution is -2.83. The molecule has 5 unspecified atom stereocenters. The van der Waals surface area contributed by atoms with Gasteiger partial charge in [-0.05, 0) is 74.0 Å². The van der Waals surface area contributed by atoms with E-state index in [9.17, 15) is 15.0 Å². The number of carbonyl (C=O) groups is 1. The van der Waals surface area contributed by atoms with Crippen LogP contribution in [0.15, 0.2) is 0 Å². The van der Waals surface area contributed by atoms with Crippen LogP contribution in [0.2, 0.25) is 0 Å². The summed E-state index contributed by atoms with van der Waals surface area (Å²) in [6.45, 7) is 14.7. The molecule has 8 nitrogen and oxygen atoms in total. The Hall–Kier alpha value is -0.770. The summed E-state index contributed by atoms with van der Waals surface area (Å²) < 4.78 is 5.06. The standard InChI is InChI=1S/C32H56N4O4/c1-28-11-5-6-24(28)23-7-8-26-29(2,13-10-27(37)40-4)32(38,39)22-31(35-18-14-33-15-19-35,36-20-16-34-17-21-36)30(26,3)25(23)9-12-28/h23-26,33-34,38-39H,5-22H2,1-4H3/t23?,24?,25?,26?,28-,29?,30+/m0/s1. The van der Waals surface area contributed by atoms with Crippen LogP contribution in [0.5, 0.6) is 0 Å². The van der Waals surface area contributed by atoms with Gasteiger partial charge in [-0.15, -0.1) is 0 Å². The van der Waals surface area contributed by atoms with Gasteiger partial charge in [0.05, 0.1) is 12.8 Å². The normalized spacial score (nSPS) is 45.2. The predicted octanol–water partition coefficient (Wildman–Crippen LogP) is 2.79. The lowest BCUT2D eigenvalue weighted by molar-refractivity contribution is -0.376. The van der Waals surface area contributed by atoms with E-state index >= 15 is 0 Å². The van der Waals surface area contributed by atoms with Crippen LogP contribution in [0.4, 0.5) is 0 Å². The molecule has 0 aromatic heterocycles. The van der Waals surface area contributed by atoms with Gasteiger partial charge >= 0.3 is 5.97 Å². The van der Waals surface area contributed by atoms with Gasteiger partial charge in [0.2, 0.25) is 0 Å². The highest BCUT2D eigenvalue weighted by Gasteiger charge is 2.76. The van der Waals surface area contributed by atoms with Crippen molar-refractivity contribution in [3.05, 3.63) is 0 Å². The Morgan fingerprint density at radius 3 is 2.10 bits per heavy atom. The van der Waals surface area contributed by atoms with E-state index in [2.05, 4.69) is 41.2 Å². The smallest absolute Gasteiger partial charge is 0.305 e. The van der Waals surface area contributed by atoms with Crippen LogP contribution in [-0.2, 0) is 9.53 Å². The Labute approximate surface area is 242 Å². The Morgan fingerprint density at radius 1 is 0.875 bits per heavy atom. The summed E-state index contributed by atoms with van der Waals surface area (Å²) in [5, 5.41) is 31.8. The van der Waals surface area contributed by atoms with Crippen LogP contribution in [-0.4, -0.2) is 96.9 Å². The number of methoxy groups -OCH3 is 1. The first-order valence-corrected chi connectivity index (χ1v) is 16.5. The molecule has 0 spiro atoms. The average molecular weight is 561 g/mol. The van der Waals surface area contributed by atoms with Crippen molar-refractivity contribution in [1.82, 2.24) is 20.4 Å². The lowest BCUT2D eigenvalue weighted by Gasteiger charge is -2.76. The quantitative estimate of drug-likeness (QED) is 0.301. The van der Waals surface area contributed by atoms with Gasteiger partial charge in [0.25, 0.3) is 0 Å². The molecule has 0 radical (unpaired) electrons. The van der Waals surface area contributed by atoms with Crippen molar-refractivity contribution >= 4 is 5.97 Å². The van der Waals surface area contributed by atoms with Crippen molar-refractivity contribution < 1.29 is 19.7 Å². The third kappa shape index (κ3) is 4.10. The molecule has 4 saturated carbocycles. The highest BCUT2D eigenvalue weighted by atomic mass is 16.5. The van der Waals surface area contributed by atoms with Crippen LogP contribution < -0.4 is 10.6 Å². The number of esters is 1. The SMILES string of the molecule is COC(=O)CCC1(C)C2CCC3C4CCC[C@@]4(C)CCC3[C@@]2(C)C(N2CCNCC2)(N2CCNCC2)CC1(O)O. The maximum atomic E-state index is 12.4. The summed E-state index contributed by atoms with van der Waals surface area (Å²) in [5.74, 6) is -0.0186. The molecule has 6 fully saturated rings. The number of carbonyl (C=O) groups excluding carboxylic acids is 1. The summed E-state index contributed by atoms with van der Waals surface area (Å²) in [6.07, 6.45) is 9.79. The zero-order chi connectivity index (χ0) is 28.4. The van der Waals surface area contributed by atoms with Crippen molar-refractivity contribution in [3.8, 4) is 0 Å². The van der Waals surface area contributed by atoms with E-state index < -0.39 is 16.9 Å². The van der Waals surface area contributed by atoms with Crippen molar-refractivity contribution in [2.45, 2.75) is 96.4 Å². The molecule has 4 N–H and O–H groups in total. The molecule has 2 saturated heterocycles. The predicted molar refractivity (Wildman–Crippen MR) is 155 cm³/mol. The molecule has 8 heteroatoms. The van der Waals surface area contributed by atoms with Gasteiger partial charge in [-0.1, -0.05) is 27.2 Å². The maximum absolute atomic E-state index is 12.4. The number of hydrogen-bond donors (Lipinski definition) is 4. The molecular weight excluding hydrogens is 504 g/mol. The molecule has 40 heavy (non-hydrogen) atoms. The van der Waals surface area contributed by atoms with Crippen molar-refractivity contribution in [2.24, 2.45) is 39.9 Å². The van der Waals surface area contributed by atoms with Crippen LogP contribution >= 0.6 is 0 Å². The highest BCUT2D eigenvalue weighted by Crippen LogP contribution is 2.74. The summed E-state index contributed by atoms with van der Waals surface area (Å²) in [5.41, 5.74) is -0.888. The van der Waals surface area contributed by atoms with Gasteiger partial charge in [0, 0.05) is 76.0 Å². The molecule has 0 aromatic carbocycles. The van der Waals surface area contributed by atoms with Gasteiger partial charge in [0.15, 0.2) is 5.79 Å². The number of aliphatic hydroxyl groups is 2. The number of piperazine rings is 2. The van der Waals surface area contributed by atoms with E-state index in [0.29, 0.717) is 30.1 Å². The summed E-state index contributed by atoms with van der Waals surface area (Å²) in [4.78, 5) is 17.8. The van der Waals surface area contributed by atoms with Crippen LogP contribution in [0.1, 0.15) is 85.0 Å². The van der Waals surface area contributed by atoms with E-state index in [1.807, 2.05) is 0 Å². The van der Waals surface area contributed by atoms with Gasteiger partial charge < -0.3 is 25.6 Å². The first-order chi connectivity index (χ1) is 19.0. The monoisotopic (exact) mass is 560 g/mol. The molecule has 6 rings (SSSR count). The molecule has 0 aromatic rings. The number of nitrogens with one attached hydrogen (secondary N) is 2. The number of rotatable bonds is 5. The van der Waals surface area contributed by atoms with Gasteiger partial charge in [-0.3, -0.25) is 14.6 Å². The number of nitrogens with zero attached hydrogens (tertiary/aromatic N) is 2. The molecule has 2 heterocycles. The minimum Gasteiger partial charge on any atom is -0.469 e. The van der Waals surface area contributed by atoms with Crippen LogP contribution in [0.25, 0.3) is 0 Å². The average Bonchev–Trinajstić information content (AvgIpc) is 3.37. The second-order valence-electron chi connectivity index (χ2n) is 15.2. The molecule has 0 bridgehead atoms. The minimum atomic E-state index is -1.88. The molecule has 0 amide bonds. The van der Waals surface area contributed by atoms with E-state index in [-0.39, 0.29) is 23.7 Å². The molecule has 228 valence electrons. The van der Waals surface area contributed by atoms with E-state index in [1.165, 1.54) is 45.6 Å². The Kier molecular flexibility index (Phi) is 7.65. The van der Waals surface area contributed by atoms with Crippen molar-refractivity contribution in [2.75, 3.05) is 59.5 Å². The first-order valence-electron chi connectivity index (χ1n) is 16.5. The fourth-order valence-corrected chi connectivity index (χ4v) is 11.9.